The molecule has 0 aliphatic heterocycles. The predicted octanol–water partition coefficient (Wildman–Crippen LogP) is 3.86. The maximum Gasteiger partial charge on any atom is 0.319 e. The lowest BCUT2D eigenvalue weighted by atomic mass is 9.85. The van der Waals surface area contributed by atoms with Crippen molar-refractivity contribution in [3.8, 4) is 0 Å². The zero-order chi connectivity index (χ0) is 21.3. The summed E-state index contributed by atoms with van der Waals surface area (Å²) in [7, 11) is 1.77. The number of anilines is 1. The molecule has 2 aromatic carbocycles. The fraction of sp³-hybridized carbons (Fsp3) is 0.391. The summed E-state index contributed by atoms with van der Waals surface area (Å²) < 4.78 is 0. The van der Waals surface area contributed by atoms with Crippen molar-refractivity contribution in [2.45, 2.75) is 45.7 Å². The quantitative estimate of drug-likeness (QED) is 0.425. The van der Waals surface area contributed by atoms with E-state index in [9.17, 15) is 4.79 Å². The summed E-state index contributed by atoms with van der Waals surface area (Å²) >= 11 is 0. The van der Waals surface area contributed by atoms with Crippen molar-refractivity contribution in [1.82, 2.24) is 16.0 Å². The van der Waals surface area contributed by atoms with Gasteiger partial charge in [0, 0.05) is 37.3 Å². The number of aliphatic imine (C=N–C) groups is 1. The van der Waals surface area contributed by atoms with Crippen LogP contribution in [-0.4, -0.2) is 31.6 Å². The van der Waals surface area contributed by atoms with Gasteiger partial charge in [-0.25, -0.2) is 4.79 Å². The van der Waals surface area contributed by atoms with Gasteiger partial charge in [-0.15, -0.1) is 0 Å². The van der Waals surface area contributed by atoms with Crippen LogP contribution >= 0.6 is 0 Å². The molecule has 2 aromatic rings. The molecule has 0 aromatic heterocycles. The molecule has 6 heteroatoms. The normalized spacial score (nSPS) is 11.9. The third-order valence-electron chi connectivity index (χ3n) is 4.57. The van der Waals surface area contributed by atoms with Gasteiger partial charge in [0.25, 0.3) is 0 Å². The van der Waals surface area contributed by atoms with Crippen molar-refractivity contribution in [3.05, 3.63) is 65.7 Å². The van der Waals surface area contributed by atoms with E-state index in [1.54, 1.807) is 7.05 Å². The highest BCUT2D eigenvalue weighted by Crippen LogP contribution is 2.21. The Balaban J connectivity index is 1.84. The van der Waals surface area contributed by atoms with Crippen LogP contribution < -0.4 is 21.3 Å². The van der Waals surface area contributed by atoms with Gasteiger partial charge in [-0.05, 0) is 37.1 Å². The molecular weight excluding hydrogens is 362 g/mol. The number of hydrogen-bond donors (Lipinski definition) is 4. The van der Waals surface area contributed by atoms with Crippen molar-refractivity contribution < 1.29 is 4.79 Å². The number of carbonyl (C=O) groups excluding carboxylic acids is 1. The third kappa shape index (κ3) is 7.49. The van der Waals surface area contributed by atoms with Crippen molar-refractivity contribution in [2.75, 3.05) is 18.9 Å². The number of hydrogen-bond acceptors (Lipinski definition) is 2. The first-order valence-electron chi connectivity index (χ1n) is 9.96. The van der Waals surface area contributed by atoms with Crippen LogP contribution in [0.15, 0.2) is 59.6 Å². The minimum absolute atomic E-state index is 0.0112. The van der Waals surface area contributed by atoms with Gasteiger partial charge < -0.3 is 21.3 Å². The van der Waals surface area contributed by atoms with E-state index in [0.717, 1.165) is 23.8 Å². The van der Waals surface area contributed by atoms with E-state index < -0.39 is 0 Å². The largest absolute Gasteiger partial charge is 0.356 e. The minimum atomic E-state index is -0.198. The first kappa shape index (κ1) is 22.3. The molecule has 0 fully saturated rings. The number of nitrogens with one attached hydrogen (secondary N) is 4. The number of urea groups is 1. The molecule has 2 rings (SSSR count). The molecule has 0 aliphatic carbocycles. The molecule has 0 spiro atoms. The number of nitrogens with zero attached hydrogens (tertiary/aromatic N) is 1. The highest BCUT2D eigenvalue weighted by molar-refractivity contribution is 5.89. The van der Waals surface area contributed by atoms with Gasteiger partial charge in [0.05, 0.1) is 0 Å². The van der Waals surface area contributed by atoms with Crippen LogP contribution in [0.5, 0.6) is 0 Å². The summed E-state index contributed by atoms with van der Waals surface area (Å²) in [6.45, 7) is 9.69. The van der Waals surface area contributed by atoms with Crippen LogP contribution in [0.1, 0.15) is 38.8 Å². The molecule has 0 radical (unpaired) electrons. The molecule has 29 heavy (non-hydrogen) atoms. The fourth-order valence-corrected chi connectivity index (χ4v) is 2.84. The third-order valence-corrected chi connectivity index (χ3v) is 4.57. The topological polar surface area (TPSA) is 77.5 Å². The van der Waals surface area contributed by atoms with Gasteiger partial charge in [0.15, 0.2) is 5.96 Å². The number of guanidine groups is 1. The molecule has 0 saturated heterocycles. The maximum atomic E-state index is 11.8. The average molecular weight is 396 g/mol. The lowest BCUT2D eigenvalue weighted by molar-refractivity contribution is 0.250. The molecule has 6 nitrogen and oxygen atoms in total. The van der Waals surface area contributed by atoms with Crippen LogP contribution in [0, 0.1) is 0 Å². The maximum absolute atomic E-state index is 11.8. The summed E-state index contributed by atoms with van der Waals surface area (Å²) in [6.07, 6.45) is 0. The predicted molar refractivity (Wildman–Crippen MR) is 121 cm³/mol. The van der Waals surface area contributed by atoms with Gasteiger partial charge in [-0.2, -0.15) is 0 Å². The van der Waals surface area contributed by atoms with Crippen molar-refractivity contribution in [3.63, 3.8) is 0 Å². The fourth-order valence-electron chi connectivity index (χ4n) is 2.84. The first-order chi connectivity index (χ1) is 13.8. The smallest absolute Gasteiger partial charge is 0.319 e. The Bertz CT molecular complexity index is 798. The molecule has 2 amide bonds. The van der Waals surface area contributed by atoms with Crippen LogP contribution in [0.4, 0.5) is 10.5 Å². The van der Waals surface area contributed by atoms with Crippen LogP contribution in [-0.2, 0) is 12.0 Å². The zero-order valence-electron chi connectivity index (χ0n) is 18.0. The van der Waals surface area contributed by atoms with Gasteiger partial charge in [0.2, 0.25) is 0 Å². The Kier molecular flexibility index (Phi) is 8.07. The van der Waals surface area contributed by atoms with Gasteiger partial charge >= 0.3 is 6.03 Å². The SMILES string of the molecule is CN=C(NCc1ccc(NC(=O)NC(C)C)cc1)NCC(C)(C)c1ccccc1. The average Bonchev–Trinajstić information content (AvgIpc) is 2.69. The van der Waals surface area contributed by atoms with Gasteiger partial charge in [-0.1, -0.05) is 56.3 Å². The standard InChI is InChI=1S/C23H33N5O/c1-17(2)27-22(29)28-20-13-11-18(12-14-20)15-25-21(24-5)26-16-23(3,4)19-9-7-6-8-10-19/h6-14,17H,15-16H2,1-5H3,(H2,24,25,26)(H2,27,28,29). The summed E-state index contributed by atoms with van der Waals surface area (Å²) in [5, 5.41) is 12.4. The number of rotatable bonds is 7. The van der Waals surface area contributed by atoms with E-state index in [1.165, 1.54) is 5.56 Å². The summed E-state index contributed by atoms with van der Waals surface area (Å²) in [5.41, 5.74) is 3.14. The highest BCUT2D eigenvalue weighted by Gasteiger charge is 2.20. The van der Waals surface area contributed by atoms with Gasteiger partial charge in [0.1, 0.15) is 0 Å². The Hall–Kier alpha value is -3.02. The molecule has 0 unspecified atom stereocenters. The lowest BCUT2D eigenvalue weighted by Crippen LogP contribution is -2.43. The lowest BCUT2D eigenvalue weighted by Gasteiger charge is -2.26. The van der Waals surface area contributed by atoms with E-state index in [1.807, 2.05) is 44.2 Å². The summed E-state index contributed by atoms with van der Waals surface area (Å²) in [5.74, 6) is 0.757. The van der Waals surface area contributed by atoms with Crippen LogP contribution in [0.2, 0.25) is 0 Å². The second-order valence-corrected chi connectivity index (χ2v) is 7.98. The van der Waals surface area contributed by atoms with Gasteiger partial charge in [-0.3, -0.25) is 4.99 Å². The zero-order valence-corrected chi connectivity index (χ0v) is 18.0. The van der Waals surface area contributed by atoms with E-state index in [2.05, 4.69) is 64.4 Å². The van der Waals surface area contributed by atoms with Crippen molar-refractivity contribution in [1.29, 1.82) is 0 Å². The molecule has 156 valence electrons. The highest BCUT2D eigenvalue weighted by atomic mass is 16.2. The Morgan fingerprint density at radius 2 is 1.66 bits per heavy atom. The Labute approximate surface area is 174 Å². The Morgan fingerprint density at radius 1 is 1.00 bits per heavy atom. The molecule has 0 bridgehead atoms. The first-order valence-corrected chi connectivity index (χ1v) is 9.96. The van der Waals surface area contributed by atoms with E-state index in [-0.39, 0.29) is 17.5 Å². The number of carbonyl (C=O) groups is 1. The molecule has 4 N–H and O–H groups in total. The number of benzene rings is 2. The second kappa shape index (κ2) is 10.5. The monoisotopic (exact) mass is 395 g/mol. The number of amides is 2. The molecule has 0 atom stereocenters. The van der Waals surface area contributed by atoms with E-state index in [0.29, 0.717) is 6.54 Å². The van der Waals surface area contributed by atoms with Crippen molar-refractivity contribution >= 4 is 17.7 Å². The summed E-state index contributed by atoms with van der Waals surface area (Å²) in [6, 6.07) is 18.1. The molecular formula is C23H33N5O. The molecule has 0 aliphatic rings. The molecule has 0 saturated carbocycles. The summed E-state index contributed by atoms with van der Waals surface area (Å²) in [4.78, 5) is 16.1. The minimum Gasteiger partial charge on any atom is -0.356 e. The van der Waals surface area contributed by atoms with E-state index >= 15 is 0 Å². The molecule has 0 heterocycles. The van der Waals surface area contributed by atoms with Crippen LogP contribution in [0.3, 0.4) is 0 Å². The Morgan fingerprint density at radius 3 is 2.24 bits per heavy atom. The van der Waals surface area contributed by atoms with Crippen LogP contribution in [0.25, 0.3) is 0 Å². The van der Waals surface area contributed by atoms with Crippen molar-refractivity contribution in [2.24, 2.45) is 4.99 Å². The second-order valence-electron chi connectivity index (χ2n) is 7.98. The van der Waals surface area contributed by atoms with E-state index in [4.69, 9.17) is 0 Å².